The van der Waals surface area contributed by atoms with Crippen molar-refractivity contribution in [2.45, 2.75) is 23.0 Å². The van der Waals surface area contributed by atoms with Crippen LogP contribution in [-0.4, -0.2) is 32.5 Å². The number of amides is 1. The molecule has 1 fully saturated rings. The Balaban J connectivity index is 1.75. The van der Waals surface area contributed by atoms with Crippen LogP contribution in [0.3, 0.4) is 0 Å². The summed E-state index contributed by atoms with van der Waals surface area (Å²) in [5.74, 6) is 0.897. The number of hydrogen-bond acceptors (Lipinski definition) is 4. The lowest BCUT2D eigenvalue weighted by molar-refractivity contribution is -0.119. The number of nitrogens with zero attached hydrogens (tertiary/aromatic N) is 4. The van der Waals surface area contributed by atoms with Crippen molar-refractivity contribution >= 4 is 23.5 Å². The van der Waals surface area contributed by atoms with Gasteiger partial charge in [-0.25, -0.2) is 0 Å². The molecule has 1 saturated heterocycles. The molecule has 0 unspecified atom stereocenters. The molecule has 20 heavy (non-hydrogen) atoms. The molecule has 0 spiro atoms. The average molecular weight is 288 g/mol. The Bertz CT molecular complexity index is 598. The molecule has 2 aromatic rings. The van der Waals surface area contributed by atoms with Crippen LogP contribution in [-0.2, 0) is 11.8 Å². The second-order valence-electron chi connectivity index (χ2n) is 4.77. The molecular formula is C14H16N4OS. The van der Waals surface area contributed by atoms with Gasteiger partial charge in [0.25, 0.3) is 0 Å². The lowest BCUT2D eigenvalue weighted by atomic mass is 10.1. The van der Waals surface area contributed by atoms with E-state index in [1.165, 1.54) is 0 Å². The molecular weight excluding hydrogens is 272 g/mol. The molecule has 0 aromatic carbocycles. The summed E-state index contributed by atoms with van der Waals surface area (Å²) in [6.07, 6.45) is 7.29. The van der Waals surface area contributed by atoms with Crippen molar-refractivity contribution in [1.29, 1.82) is 0 Å². The third-order valence-electron chi connectivity index (χ3n) is 3.29. The Kier molecular flexibility index (Phi) is 3.73. The van der Waals surface area contributed by atoms with Crippen LogP contribution < -0.4 is 4.90 Å². The molecule has 0 aliphatic carbocycles. The van der Waals surface area contributed by atoms with Gasteiger partial charge in [-0.1, -0.05) is 0 Å². The van der Waals surface area contributed by atoms with E-state index in [0.29, 0.717) is 0 Å². The van der Waals surface area contributed by atoms with E-state index in [-0.39, 0.29) is 11.2 Å². The topological polar surface area (TPSA) is 51.0 Å². The first kappa shape index (κ1) is 13.2. The molecule has 1 atom stereocenters. The number of piperidine rings is 1. The van der Waals surface area contributed by atoms with E-state index in [0.717, 1.165) is 30.1 Å². The number of aryl methyl sites for hydroxylation is 1. The van der Waals surface area contributed by atoms with Crippen molar-refractivity contribution in [2.24, 2.45) is 7.05 Å². The summed E-state index contributed by atoms with van der Waals surface area (Å²) in [6, 6.07) is 5.77. The molecule has 104 valence electrons. The maximum Gasteiger partial charge on any atom is 0.241 e. The zero-order chi connectivity index (χ0) is 13.9. The summed E-state index contributed by atoms with van der Waals surface area (Å²) >= 11 is 1.61. The van der Waals surface area contributed by atoms with Gasteiger partial charge in [-0.3, -0.25) is 19.4 Å². The fraction of sp³-hybridized carbons (Fsp3) is 0.357. The number of thioether (sulfide) groups is 1. The van der Waals surface area contributed by atoms with Gasteiger partial charge in [-0.15, -0.1) is 11.8 Å². The van der Waals surface area contributed by atoms with Gasteiger partial charge in [0.05, 0.1) is 5.25 Å². The zero-order valence-corrected chi connectivity index (χ0v) is 12.1. The SMILES string of the molecule is Cn1ccc(N2CCC[C@H](Sc3ccncc3)C2=O)n1. The van der Waals surface area contributed by atoms with Crippen molar-refractivity contribution in [3.63, 3.8) is 0 Å². The Labute approximate surface area is 122 Å². The molecule has 3 rings (SSSR count). The van der Waals surface area contributed by atoms with Crippen LogP contribution >= 0.6 is 11.8 Å². The quantitative estimate of drug-likeness (QED) is 0.868. The van der Waals surface area contributed by atoms with Crippen molar-refractivity contribution in [1.82, 2.24) is 14.8 Å². The summed E-state index contributed by atoms with van der Waals surface area (Å²) in [4.78, 5) is 19.5. The number of rotatable bonds is 3. The smallest absolute Gasteiger partial charge is 0.241 e. The van der Waals surface area contributed by atoms with Crippen LogP contribution in [0.2, 0.25) is 0 Å². The molecule has 0 N–H and O–H groups in total. The van der Waals surface area contributed by atoms with Crippen molar-refractivity contribution in [3.05, 3.63) is 36.8 Å². The number of anilines is 1. The molecule has 0 saturated carbocycles. The predicted octanol–water partition coefficient (Wildman–Crippen LogP) is 2.10. The minimum atomic E-state index is -0.0341. The number of hydrogen-bond donors (Lipinski definition) is 0. The summed E-state index contributed by atoms with van der Waals surface area (Å²) in [5, 5.41) is 4.29. The van der Waals surface area contributed by atoms with Crippen molar-refractivity contribution in [3.8, 4) is 0 Å². The Hall–Kier alpha value is -1.82. The lowest BCUT2D eigenvalue weighted by Crippen LogP contribution is -2.43. The third kappa shape index (κ3) is 2.70. The Morgan fingerprint density at radius 3 is 2.80 bits per heavy atom. The maximum absolute atomic E-state index is 12.6. The Morgan fingerprint density at radius 2 is 2.10 bits per heavy atom. The predicted molar refractivity (Wildman–Crippen MR) is 78.7 cm³/mol. The number of carbonyl (C=O) groups is 1. The van der Waals surface area contributed by atoms with Gasteiger partial charge in [0.2, 0.25) is 5.91 Å². The van der Waals surface area contributed by atoms with E-state index in [1.54, 1.807) is 33.7 Å². The highest BCUT2D eigenvalue weighted by molar-refractivity contribution is 8.00. The van der Waals surface area contributed by atoms with Gasteiger partial charge in [0, 0.05) is 43.1 Å². The van der Waals surface area contributed by atoms with Crippen molar-refractivity contribution in [2.75, 3.05) is 11.4 Å². The van der Waals surface area contributed by atoms with Gasteiger partial charge < -0.3 is 0 Å². The highest BCUT2D eigenvalue weighted by Crippen LogP contribution is 2.31. The monoisotopic (exact) mass is 288 g/mol. The van der Waals surface area contributed by atoms with Gasteiger partial charge >= 0.3 is 0 Å². The van der Waals surface area contributed by atoms with E-state index < -0.39 is 0 Å². The van der Waals surface area contributed by atoms with Gasteiger partial charge in [-0.2, -0.15) is 5.10 Å². The third-order valence-corrected chi connectivity index (χ3v) is 4.56. The van der Waals surface area contributed by atoms with Gasteiger partial charge in [-0.05, 0) is 25.0 Å². The largest absolute Gasteiger partial charge is 0.294 e. The number of aromatic nitrogens is 3. The first-order valence-electron chi connectivity index (χ1n) is 6.62. The normalized spacial score (nSPS) is 19.4. The molecule has 0 radical (unpaired) electrons. The minimum Gasteiger partial charge on any atom is -0.294 e. The molecule has 1 aliphatic rings. The van der Waals surface area contributed by atoms with E-state index in [4.69, 9.17) is 0 Å². The van der Waals surface area contributed by atoms with Crippen LogP contribution in [0.5, 0.6) is 0 Å². The molecule has 5 nitrogen and oxygen atoms in total. The van der Waals surface area contributed by atoms with E-state index in [2.05, 4.69) is 10.1 Å². The first-order chi connectivity index (χ1) is 9.74. The first-order valence-corrected chi connectivity index (χ1v) is 7.50. The molecule has 1 aliphatic heterocycles. The molecule has 0 bridgehead atoms. The maximum atomic E-state index is 12.6. The van der Waals surface area contributed by atoms with E-state index >= 15 is 0 Å². The van der Waals surface area contributed by atoms with Crippen LogP contribution in [0, 0.1) is 0 Å². The van der Waals surface area contributed by atoms with Crippen LogP contribution in [0.15, 0.2) is 41.7 Å². The highest BCUT2D eigenvalue weighted by atomic mass is 32.2. The highest BCUT2D eigenvalue weighted by Gasteiger charge is 2.31. The standard InChI is InChI=1S/C14H16N4OS/c1-17-10-6-13(16-17)18-9-2-3-12(14(18)19)20-11-4-7-15-8-5-11/h4-8,10,12H,2-3,9H2,1H3/t12-/m0/s1. The average Bonchev–Trinajstić information content (AvgIpc) is 2.89. The molecule has 1 amide bonds. The second-order valence-corrected chi connectivity index (χ2v) is 6.05. The van der Waals surface area contributed by atoms with Gasteiger partial charge in [0.15, 0.2) is 5.82 Å². The van der Waals surface area contributed by atoms with E-state index in [9.17, 15) is 4.79 Å². The molecule has 3 heterocycles. The fourth-order valence-electron chi connectivity index (χ4n) is 2.31. The summed E-state index contributed by atoms with van der Waals surface area (Å²) in [5.41, 5.74) is 0. The molecule has 6 heteroatoms. The zero-order valence-electron chi connectivity index (χ0n) is 11.3. The van der Waals surface area contributed by atoms with Crippen LogP contribution in [0.4, 0.5) is 5.82 Å². The van der Waals surface area contributed by atoms with Crippen molar-refractivity contribution < 1.29 is 4.79 Å². The minimum absolute atomic E-state index is 0.0341. The summed E-state index contributed by atoms with van der Waals surface area (Å²) in [6.45, 7) is 0.753. The van der Waals surface area contributed by atoms with Crippen LogP contribution in [0.1, 0.15) is 12.8 Å². The Morgan fingerprint density at radius 1 is 1.30 bits per heavy atom. The summed E-state index contributed by atoms with van der Waals surface area (Å²) < 4.78 is 1.72. The lowest BCUT2D eigenvalue weighted by Gasteiger charge is -2.30. The fourth-order valence-corrected chi connectivity index (χ4v) is 3.43. The second kappa shape index (κ2) is 5.66. The summed E-state index contributed by atoms with van der Waals surface area (Å²) in [7, 11) is 1.86. The number of carbonyl (C=O) groups excluding carboxylic acids is 1. The van der Waals surface area contributed by atoms with Gasteiger partial charge in [0.1, 0.15) is 0 Å². The van der Waals surface area contributed by atoms with E-state index in [1.807, 2.05) is 31.4 Å². The number of pyridine rings is 1. The van der Waals surface area contributed by atoms with Crippen LogP contribution in [0.25, 0.3) is 0 Å². The molecule has 2 aromatic heterocycles.